The summed E-state index contributed by atoms with van der Waals surface area (Å²) in [5, 5.41) is 20.7. The van der Waals surface area contributed by atoms with Crippen molar-refractivity contribution in [2.75, 3.05) is 6.61 Å². The summed E-state index contributed by atoms with van der Waals surface area (Å²) in [6.07, 6.45) is 3.43. The van der Waals surface area contributed by atoms with Gasteiger partial charge in [0, 0.05) is 6.42 Å². The Bertz CT molecular complexity index is 689. The van der Waals surface area contributed by atoms with E-state index in [0.29, 0.717) is 17.7 Å². The van der Waals surface area contributed by atoms with Crippen molar-refractivity contribution in [3.05, 3.63) is 28.8 Å². The van der Waals surface area contributed by atoms with Gasteiger partial charge < -0.3 is 20.0 Å². The molecule has 1 saturated carbocycles. The van der Waals surface area contributed by atoms with E-state index in [1.165, 1.54) is 0 Å². The lowest BCUT2D eigenvalue weighted by Gasteiger charge is -2.17. The molecule has 1 fully saturated rings. The standard InChI is InChI=1S/C17H18N2O4/c18-9-13-8-14(23-10-17(2-3-17)19-16(21)22)7-12-5-11(1-4-20)6-15(12)13/h4,7-8,11,19H,1-3,5-6,10H2,(H,21,22). The fourth-order valence-electron chi connectivity index (χ4n) is 3.19. The van der Waals surface area contributed by atoms with Crippen LogP contribution in [-0.4, -0.2) is 29.6 Å². The van der Waals surface area contributed by atoms with Gasteiger partial charge in [0.05, 0.1) is 17.2 Å². The first-order valence-electron chi connectivity index (χ1n) is 7.69. The van der Waals surface area contributed by atoms with Crippen LogP contribution in [0.5, 0.6) is 5.75 Å². The number of nitriles is 1. The topological polar surface area (TPSA) is 99.4 Å². The highest BCUT2D eigenvalue weighted by Crippen LogP contribution is 2.37. The van der Waals surface area contributed by atoms with Gasteiger partial charge in [-0.05, 0) is 54.9 Å². The Morgan fingerprint density at radius 1 is 1.48 bits per heavy atom. The lowest BCUT2D eigenvalue weighted by Crippen LogP contribution is -2.40. The number of rotatable bonds is 6. The molecule has 6 nitrogen and oxygen atoms in total. The van der Waals surface area contributed by atoms with Crippen LogP contribution in [0.4, 0.5) is 4.79 Å². The van der Waals surface area contributed by atoms with Crippen LogP contribution in [0.25, 0.3) is 0 Å². The molecule has 0 bridgehead atoms. The van der Waals surface area contributed by atoms with Gasteiger partial charge in [-0.2, -0.15) is 5.26 Å². The average molecular weight is 314 g/mol. The molecule has 0 spiro atoms. The van der Waals surface area contributed by atoms with E-state index < -0.39 is 11.6 Å². The summed E-state index contributed by atoms with van der Waals surface area (Å²) in [5.74, 6) is 0.846. The molecule has 2 aliphatic carbocycles. The minimum atomic E-state index is -1.05. The second kappa shape index (κ2) is 5.92. The average Bonchev–Trinajstić information content (AvgIpc) is 3.14. The molecule has 1 atom stereocenters. The van der Waals surface area contributed by atoms with Crippen molar-refractivity contribution in [3.63, 3.8) is 0 Å². The van der Waals surface area contributed by atoms with Crippen LogP contribution < -0.4 is 10.1 Å². The van der Waals surface area contributed by atoms with Gasteiger partial charge in [-0.15, -0.1) is 0 Å². The van der Waals surface area contributed by atoms with Crippen molar-refractivity contribution >= 4 is 12.4 Å². The zero-order valence-electron chi connectivity index (χ0n) is 12.7. The number of hydrogen-bond donors (Lipinski definition) is 2. The Hall–Kier alpha value is -2.55. The summed E-state index contributed by atoms with van der Waals surface area (Å²) in [4.78, 5) is 21.5. The highest BCUT2D eigenvalue weighted by molar-refractivity contribution is 5.66. The van der Waals surface area contributed by atoms with E-state index in [1.807, 2.05) is 6.07 Å². The van der Waals surface area contributed by atoms with E-state index in [0.717, 1.165) is 43.1 Å². The predicted molar refractivity (Wildman–Crippen MR) is 81.4 cm³/mol. The molecule has 0 heterocycles. The number of amides is 1. The minimum absolute atomic E-state index is 0.258. The smallest absolute Gasteiger partial charge is 0.405 e. The summed E-state index contributed by atoms with van der Waals surface area (Å²) in [6.45, 7) is 0.265. The second-order valence-corrected chi connectivity index (χ2v) is 6.40. The molecular weight excluding hydrogens is 296 g/mol. The molecule has 120 valence electrons. The summed E-state index contributed by atoms with van der Waals surface area (Å²) in [5.41, 5.74) is 2.16. The number of ether oxygens (including phenoxy) is 1. The molecule has 0 radical (unpaired) electrons. The minimum Gasteiger partial charge on any atom is -0.491 e. The molecule has 1 amide bonds. The maximum atomic E-state index is 10.8. The SMILES string of the molecule is N#Cc1cc(OCC2(NC(=O)O)CC2)cc2c1CC(CC=O)C2. The Morgan fingerprint density at radius 2 is 2.26 bits per heavy atom. The summed E-state index contributed by atoms with van der Waals surface area (Å²) in [7, 11) is 0. The molecule has 0 aromatic heterocycles. The number of benzene rings is 1. The Balaban J connectivity index is 1.73. The van der Waals surface area contributed by atoms with Gasteiger partial charge in [-0.25, -0.2) is 4.79 Å². The third-order valence-electron chi connectivity index (χ3n) is 4.61. The Labute approximate surface area is 134 Å². The first-order chi connectivity index (χ1) is 11.0. The normalized spacial score (nSPS) is 20.2. The van der Waals surface area contributed by atoms with Crippen LogP contribution in [0.2, 0.25) is 0 Å². The van der Waals surface area contributed by atoms with E-state index in [9.17, 15) is 14.9 Å². The molecule has 2 aliphatic rings. The number of fused-ring (bicyclic) bond motifs is 1. The van der Waals surface area contributed by atoms with E-state index >= 15 is 0 Å². The molecule has 6 heteroatoms. The van der Waals surface area contributed by atoms with Crippen LogP contribution in [0.1, 0.15) is 36.0 Å². The zero-order valence-corrected chi connectivity index (χ0v) is 12.7. The molecule has 0 saturated heterocycles. The molecule has 3 rings (SSSR count). The number of nitrogens with zero attached hydrogens (tertiary/aromatic N) is 1. The number of hydrogen-bond acceptors (Lipinski definition) is 4. The van der Waals surface area contributed by atoms with Crippen molar-refractivity contribution in [2.24, 2.45) is 5.92 Å². The van der Waals surface area contributed by atoms with Gasteiger partial charge in [-0.3, -0.25) is 0 Å². The highest BCUT2D eigenvalue weighted by Gasteiger charge is 2.45. The van der Waals surface area contributed by atoms with Gasteiger partial charge in [0.1, 0.15) is 18.6 Å². The van der Waals surface area contributed by atoms with Gasteiger partial charge in [0.2, 0.25) is 0 Å². The lowest BCUT2D eigenvalue weighted by molar-refractivity contribution is -0.108. The molecule has 1 unspecified atom stereocenters. The highest BCUT2D eigenvalue weighted by atomic mass is 16.5. The third-order valence-corrected chi connectivity index (χ3v) is 4.61. The van der Waals surface area contributed by atoms with E-state index in [4.69, 9.17) is 9.84 Å². The number of nitrogens with one attached hydrogen (secondary N) is 1. The monoisotopic (exact) mass is 314 g/mol. The third kappa shape index (κ3) is 3.29. The van der Waals surface area contributed by atoms with E-state index in [1.54, 1.807) is 6.07 Å². The van der Waals surface area contributed by atoms with Crippen LogP contribution in [0.15, 0.2) is 12.1 Å². The fourth-order valence-corrected chi connectivity index (χ4v) is 3.19. The Kier molecular flexibility index (Phi) is 3.95. The van der Waals surface area contributed by atoms with Crippen LogP contribution in [0, 0.1) is 17.2 Å². The first kappa shape index (κ1) is 15.3. The van der Waals surface area contributed by atoms with Crippen molar-refractivity contribution in [2.45, 2.75) is 37.6 Å². The van der Waals surface area contributed by atoms with Crippen LogP contribution >= 0.6 is 0 Å². The van der Waals surface area contributed by atoms with E-state index in [2.05, 4.69) is 11.4 Å². The second-order valence-electron chi connectivity index (χ2n) is 6.40. The number of carbonyl (C=O) groups excluding carboxylic acids is 1. The van der Waals surface area contributed by atoms with Gasteiger partial charge in [0.15, 0.2) is 0 Å². The molecule has 2 N–H and O–H groups in total. The van der Waals surface area contributed by atoms with E-state index in [-0.39, 0.29) is 12.5 Å². The number of carboxylic acid groups (broad SMARTS) is 1. The molecule has 23 heavy (non-hydrogen) atoms. The lowest BCUT2D eigenvalue weighted by atomic mass is 10.0. The van der Waals surface area contributed by atoms with Crippen LogP contribution in [-0.2, 0) is 17.6 Å². The van der Waals surface area contributed by atoms with Crippen LogP contribution in [0.3, 0.4) is 0 Å². The zero-order chi connectivity index (χ0) is 16.4. The molecule has 0 aliphatic heterocycles. The number of carbonyl (C=O) groups is 2. The van der Waals surface area contributed by atoms with Crippen molar-refractivity contribution in [1.82, 2.24) is 5.32 Å². The maximum absolute atomic E-state index is 10.8. The summed E-state index contributed by atoms with van der Waals surface area (Å²) < 4.78 is 5.75. The number of aldehydes is 1. The first-order valence-corrected chi connectivity index (χ1v) is 7.69. The fraction of sp³-hybridized carbons (Fsp3) is 0.471. The van der Waals surface area contributed by atoms with Gasteiger partial charge in [-0.1, -0.05) is 0 Å². The van der Waals surface area contributed by atoms with Crippen molar-refractivity contribution in [1.29, 1.82) is 5.26 Å². The van der Waals surface area contributed by atoms with Crippen molar-refractivity contribution < 1.29 is 19.4 Å². The summed E-state index contributed by atoms with van der Waals surface area (Å²) in [6, 6.07) is 5.82. The molecule has 1 aromatic carbocycles. The Morgan fingerprint density at radius 3 is 2.87 bits per heavy atom. The molecular formula is C17H18N2O4. The largest absolute Gasteiger partial charge is 0.491 e. The van der Waals surface area contributed by atoms with Gasteiger partial charge >= 0.3 is 6.09 Å². The maximum Gasteiger partial charge on any atom is 0.405 e. The summed E-state index contributed by atoms with van der Waals surface area (Å²) >= 11 is 0. The molecule has 1 aromatic rings. The quantitative estimate of drug-likeness (QED) is 0.783. The van der Waals surface area contributed by atoms with Gasteiger partial charge in [0.25, 0.3) is 0 Å². The van der Waals surface area contributed by atoms with Crippen molar-refractivity contribution in [3.8, 4) is 11.8 Å². The predicted octanol–water partition coefficient (Wildman–Crippen LogP) is 2.04.